The molecule has 0 aliphatic rings. The molecule has 0 heterocycles. The van der Waals surface area contributed by atoms with Crippen molar-refractivity contribution in [2.24, 2.45) is 0 Å². The van der Waals surface area contributed by atoms with Gasteiger partial charge in [-0.25, -0.2) is 0 Å². The Balaban J connectivity index is 3.11. The Labute approximate surface area is 35.4 Å². The van der Waals surface area contributed by atoms with Gasteiger partial charge in [0.15, 0.2) is 0 Å². The van der Waals surface area contributed by atoms with Gasteiger partial charge in [-0.3, -0.25) is 0 Å². The molecule has 0 rings (SSSR count). The number of rotatable bonds is 0. The minimum atomic E-state index is -0.819. The zero-order chi connectivity index (χ0) is 3.41. The van der Waals surface area contributed by atoms with Crippen LogP contribution in [0.4, 0.5) is 0 Å². The predicted molar refractivity (Wildman–Crippen MR) is 11.5 cm³/mol. The van der Waals surface area contributed by atoms with Gasteiger partial charge >= 0.3 is 35.0 Å². The van der Waals surface area contributed by atoms with Gasteiger partial charge in [-0.1, -0.05) is 0 Å². The van der Waals surface area contributed by atoms with Gasteiger partial charge in [0, 0.05) is 0 Å². The molecule has 0 amide bonds. The Hall–Kier alpha value is 0.519. The van der Waals surface area contributed by atoms with Crippen LogP contribution in [0.5, 0.6) is 0 Å². The van der Waals surface area contributed by atoms with Crippen molar-refractivity contribution in [2.45, 2.75) is 0 Å². The van der Waals surface area contributed by atoms with Crippen molar-refractivity contribution in [3.05, 3.63) is 0 Å². The van der Waals surface area contributed by atoms with Gasteiger partial charge in [0.05, 0.1) is 0 Å². The average Bonchev–Trinajstić information content (AvgIpc) is 1.37. The summed E-state index contributed by atoms with van der Waals surface area (Å²) in [6, 6.07) is 0. The molecule has 0 saturated carbocycles. The third kappa shape index (κ3) is 2.52. The summed E-state index contributed by atoms with van der Waals surface area (Å²) in [5, 5.41) is 0. The topological polar surface area (TPSA) is 17.1 Å². The van der Waals surface area contributed by atoms with Gasteiger partial charge in [0.25, 0.3) is 0 Å². The van der Waals surface area contributed by atoms with Gasteiger partial charge in [0.2, 0.25) is 0 Å². The molecule has 0 N–H and O–H groups in total. The summed E-state index contributed by atoms with van der Waals surface area (Å²) in [6.07, 6.45) is 0. The molecule has 0 unspecified atom stereocenters. The molecule has 0 atom stereocenters. The minimum absolute atomic E-state index is 0.819. The number of hydrogen-bond donors (Lipinski definition) is 0. The normalized spacial score (nSPS) is 6.25. The number of carbonyl (C=O) groups excluding carboxylic acids is 1. The van der Waals surface area contributed by atoms with Crippen molar-refractivity contribution < 1.29 is 21.0 Å². The Morgan fingerprint density at radius 2 is 2.25 bits per heavy atom. The summed E-state index contributed by atoms with van der Waals surface area (Å²) in [5.41, 5.74) is 0. The molecular formula is CClIrO. The van der Waals surface area contributed by atoms with E-state index in [2.05, 4.69) is 0 Å². The van der Waals surface area contributed by atoms with Gasteiger partial charge in [-0.15, -0.1) is 0 Å². The molecule has 0 aromatic rings. The van der Waals surface area contributed by atoms with E-state index >= 15 is 0 Å². The fourth-order valence-electron chi connectivity index (χ4n) is 0. The SMILES string of the molecule is O=[C]=[Ir][Cl]. The van der Waals surface area contributed by atoms with Gasteiger partial charge in [-0.2, -0.15) is 0 Å². The predicted octanol–water partition coefficient (Wildman–Crippen LogP) is 0.290. The van der Waals surface area contributed by atoms with Crippen molar-refractivity contribution >= 4 is 14.0 Å². The van der Waals surface area contributed by atoms with Crippen LogP contribution in [-0.2, 0) is 21.0 Å². The summed E-state index contributed by atoms with van der Waals surface area (Å²) in [7, 11) is 4.89. The van der Waals surface area contributed by atoms with E-state index in [0.717, 1.165) is 0 Å². The molecule has 0 saturated heterocycles. The molecule has 4 heavy (non-hydrogen) atoms. The summed E-state index contributed by atoms with van der Waals surface area (Å²) >= 11 is -0.819. The maximum absolute atomic E-state index is 8.97. The second-order valence-electron chi connectivity index (χ2n) is 0.131. The molecule has 0 spiro atoms. The average molecular weight is 256 g/mol. The molecule has 3 heteroatoms. The molecule has 26 valence electrons. The van der Waals surface area contributed by atoms with Gasteiger partial charge < -0.3 is 0 Å². The Kier molecular flexibility index (Phi) is 3.98. The van der Waals surface area contributed by atoms with Crippen LogP contribution in [0.3, 0.4) is 0 Å². The first-order valence-electron chi connectivity index (χ1n) is 0.497. The van der Waals surface area contributed by atoms with Crippen molar-refractivity contribution in [3.8, 4) is 0 Å². The molecule has 0 aliphatic carbocycles. The Morgan fingerprint density at radius 1 is 2.00 bits per heavy atom. The van der Waals surface area contributed by atoms with Crippen LogP contribution >= 0.6 is 9.58 Å². The van der Waals surface area contributed by atoms with Crippen LogP contribution < -0.4 is 0 Å². The second-order valence-corrected chi connectivity index (χ2v) is 2.10. The first-order valence-corrected chi connectivity index (χ1v) is 4.66. The van der Waals surface area contributed by atoms with E-state index in [4.69, 9.17) is 14.4 Å². The zero-order valence-corrected chi connectivity index (χ0v) is 4.77. The van der Waals surface area contributed by atoms with Crippen LogP contribution in [0, 0.1) is 0 Å². The maximum atomic E-state index is 8.97. The van der Waals surface area contributed by atoms with E-state index < -0.39 is 16.2 Å². The summed E-state index contributed by atoms with van der Waals surface area (Å²) in [5.74, 6) is 0. The Morgan fingerprint density at radius 3 is 2.25 bits per heavy atom. The summed E-state index contributed by atoms with van der Waals surface area (Å²) in [6.45, 7) is 0. The van der Waals surface area contributed by atoms with E-state index in [-0.39, 0.29) is 0 Å². The van der Waals surface area contributed by atoms with Gasteiger partial charge in [0.1, 0.15) is 0 Å². The number of halogens is 1. The van der Waals surface area contributed by atoms with Crippen LogP contribution in [0.2, 0.25) is 0 Å². The molecular weight excluding hydrogens is 256 g/mol. The zero-order valence-electron chi connectivity index (χ0n) is 1.62. The second kappa shape index (κ2) is 3.52. The molecule has 0 aromatic heterocycles. The van der Waals surface area contributed by atoms with E-state index in [1.807, 2.05) is 0 Å². The molecule has 0 fully saturated rings. The molecule has 0 radical (unpaired) electrons. The van der Waals surface area contributed by atoms with E-state index in [0.29, 0.717) is 0 Å². The molecule has 0 aliphatic heterocycles. The first-order chi connectivity index (χ1) is 1.91. The fourth-order valence-corrected chi connectivity index (χ4v) is 0. The quantitative estimate of drug-likeness (QED) is 0.608. The van der Waals surface area contributed by atoms with Crippen LogP contribution in [0.15, 0.2) is 0 Å². The van der Waals surface area contributed by atoms with Crippen molar-refractivity contribution in [2.75, 3.05) is 0 Å². The number of hydrogen-bond acceptors (Lipinski definition) is 1. The summed E-state index contributed by atoms with van der Waals surface area (Å²) < 4.78 is 1.57. The summed E-state index contributed by atoms with van der Waals surface area (Å²) in [4.78, 5) is 8.97. The molecule has 1 nitrogen and oxygen atoms in total. The molecule has 0 bridgehead atoms. The van der Waals surface area contributed by atoms with E-state index in [1.54, 1.807) is 4.39 Å². The van der Waals surface area contributed by atoms with Crippen LogP contribution in [0.25, 0.3) is 0 Å². The van der Waals surface area contributed by atoms with Gasteiger partial charge in [-0.05, 0) is 0 Å². The third-order valence-electron chi connectivity index (χ3n) is 0.0257. The van der Waals surface area contributed by atoms with E-state index in [9.17, 15) is 0 Å². The van der Waals surface area contributed by atoms with Crippen molar-refractivity contribution in [1.82, 2.24) is 0 Å². The monoisotopic (exact) mass is 256 g/mol. The van der Waals surface area contributed by atoms with Crippen molar-refractivity contribution in [3.63, 3.8) is 0 Å². The Bertz CT molecular complexity index is 46.0. The van der Waals surface area contributed by atoms with Crippen LogP contribution in [-0.4, -0.2) is 4.39 Å². The molecule has 0 aromatic carbocycles. The third-order valence-corrected chi connectivity index (χ3v) is 0.632. The fraction of sp³-hybridized carbons (Fsp3) is 0. The van der Waals surface area contributed by atoms with Crippen LogP contribution in [0.1, 0.15) is 0 Å². The van der Waals surface area contributed by atoms with E-state index in [1.165, 1.54) is 0 Å². The first kappa shape index (κ1) is 4.52. The van der Waals surface area contributed by atoms with Crippen molar-refractivity contribution in [1.29, 1.82) is 0 Å². The standard InChI is InChI=1S/CO.ClH.Ir/c1-2;;/h;1H;/q;;+1/p-1.